The molecule has 0 aliphatic heterocycles. The van der Waals surface area contributed by atoms with Crippen LogP contribution in [-0.2, 0) is 13.0 Å². The van der Waals surface area contributed by atoms with Gasteiger partial charge < -0.3 is 15.2 Å². The van der Waals surface area contributed by atoms with Crippen molar-refractivity contribution < 1.29 is 9.32 Å². The molecular weight excluding hydrogens is 266 g/mol. The molecule has 112 valence electrons. The van der Waals surface area contributed by atoms with E-state index in [1.165, 1.54) is 0 Å². The fourth-order valence-electron chi connectivity index (χ4n) is 2.34. The summed E-state index contributed by atoms with van der Waals surface area (Å²) in [6.45, 7) is 4.75. The number of hydrogen-bond donors (Lipinski definition) is 1. The highest BCUT2D eigenvalue weighted by Gasteiger charge is 2.18. The molecule has 0 aliphatic rings. The number of aromatic nitrogens is 1. The van der Waals surface area contributed by atoms with Crippen molar-refractivity contribution in [1.29, 1.82) is 0 Å². The van der Waals surface area contributed by atoms with Crippen molar-refractivity contribution in [1.82, 2.24) is 10.1 Å². The number of carbonyl (C=O) groups excluding carboxylic acids is 1. The molecule has 0 saturated carbocycles. The smallest absolute Gasteiger partial charge is 0.254 e. The lowest BCUT2D eigenvalue weighted by Crippen LogP contribution is -2.27. The normalized spacial score (nSPS) is 10.7. The molecule has 2 rings (SSSR count). The lowest BCUT2D eigenvalue weighted by atomic mass is 10.0. The highest BCUT2D eigenvalue weighted by Crippen LogP contribution is 2.17. The summed E-state index contributed by atoms with van der Waals surface area (Å²) in [5.41, 5.74) is 9.08. The molecule has 2 N–H and O–H groups in total. The van der Waals surface area contributed by atoms with E-state index in [-0.39, 0.29) is 5.91 Å². The molecule has 0 aliphatic carbocycles. The number of rotatable bonds is 5. The Kier molecular flexibility index (Phi) is 4.75. The second-order valence-corrected chi connectivity index (χ2v) is 5.16. The van der Waals surface area contributed by atoms with Crippen LogP contribution in [0.4, 0.5) is 0 Å². The van der Waals surface area contributed by atoms with Crippen molar-refractivity contribution in [3.05, 3.63) is 52.4 Å². The van der Waals surface area contributed by atoms with Crippen molar-refractivity contribution in [3.8, 4) is 0 Å². The van der Waals surface area contributed by atoms with E-state index in [1.807, 2.05) is 38.1 Å². The van der Waals surface area contributed by atoms with Crippen LogP contribution < -0.4 is 5.73 Å². The number of hydrogen-bond acceptors (Lipinski definition) is 4. The average Bonchev–Trinajstić information content (AvgIpc) is 2.79. The van der Waals surface area contributed by atoms with Crippen molar-refractivity contribution in [2.75, 3.05) is 13.6 Å². The molecule has 1 aromatic carbocycles. The summed E-state index contributed by atoms with van der Waals surface area (Å²) in [4.78, 5) is 14.3. The van der Waals surface area contributed by atoms with E-state index in [0.29, 0.717) is 25.1 Å². The first-order valence-corrected chi connectivity index (χ1v) is 6.99. The number of nitrogens with two attached hydrogens (primary N) is 1. The van der Waals surface area contributed by atoms with Gasteiger partial charge in [-0.2, -0.15) is 0 Å². The van der Waals surface area contributed by atoms with E-state index in [2.05, 4.69) is 5.16 Å². The standard InChI is InChI=1S/C16H21N3O2/c1-11-15(12(2)21-18-11)10-19(3)16(20)14-7-5-4-6-13(14)8-9-17/h4-7H,8-10,17H2,1-3H3. The fourth-order valence-corrected chi connectivity index (χ4v) is 2.34. The first-order valence-electron chi connectivity index (χ1n) is 6.99. The second-order valence-electron chi connectivity index (χ2n) is 5.16. The molecule has 0 saturated heterocycles. The number of carbonyl (C=O) groups is 1. The van der Waals surface area contributed by atoms with Gasteiger partial charge in [0.1, 0.15) is 5.76 Å². The third kappa shape index (κ3) is 3.31. The fraction of sp³-hybridized carbons (Fsp3) is 0.375. The molecule has 0 radical (unpaired) electrons. The summed E-state index contributed by atoms with van der Waals surface area (Å²) >= 11 is 0. The summed E-state index contributed by atoms with van der Waals surface area (Å²) < 4.78 is 5.14. The van der Waals surface area contributed by atoms with E-state index < -0.39 is 0 Å². The van der Waals surface area contributed by atoms with Gasteiger partial charge in [0, 0.05) is 18.2 Å². The summed E-state index contributed by atoms with van der Waals surface area (Å²) in [6.07, 6.45) is 0.696. The van der Waals surface area contributed by atoms with Gasteiger partial charge in [0.15, 0.2) is 0 Å². The van der Waals surface area contributed by atoms with Crippen LogP contribution >= 0.6 is 0 Å². The van der Waals surface area contributed by atoms with Gasteiger partial charge in [-0.05, 0) is 38.4 Å². The molecule has 0 atom stereocenters. The Morgan fingerprint density at radius 1 is 1.33 bits per heavy atom. The molecule has 0 fully saturated rings. The van der Waals surface area contributed by atoms with Gasteiger partial charge in [-0.25, -0.2) is 0 Å². The van der Waals surface area contributed by atoms with Gasteiger partial charge in [-0.3, -0.25) is 4.79 Å². The molecule has 2 aromatic rings. The van der Waals surface area contributed by atoms with Gasteiger partial charge in [-0.1, -0.05) is 23.4 Å². The van der Waals surface area contributed by atoms with Gasteiger partial charge in [0.25, 0.3) is 5.91 Å². The minimum atomic E-state index is -0.0148. The molecule has 0 spiro atoms. The summed E-state index contributed by atoms with van der Waals surface area (Å²) in [6, 6.07) is 7.59. The van der Waals surface area contributed by atoms with Crippen molar-refractivity contribution in [3.63, 3.8) is 0 Å². The minimum Gasteiger partial charge on any atom is -0.361 e. The molecule has 5 heteroatoms. The van der Waals surface area contributed by atoms with Gasteiger partial charge >= 0.3 is 0 Å². The Morgan fingerprint density at radius 3 is 2.67 bits per heavy atom. The predicted molar refractivity (Wildman–Crippen MR) is 81.0 cm³/mol. The number of aryl methyl sites for hydroxylation is 2. The maximum Gasteiger partial charge on any atom is 0.254 e. The Hall–Kier alpha value is -2.14. The van der Waals surface area contributed by atoms with Crippen molar-refractivity contribution >= 4 is 5.91 Å². The summed E-state index contributed by atoms with van der Waals surface area (Å²) in [5.74, 6) is 0.737. The Bertz CT molecular complexity index is 615. The maximum atomic E-state index is 12.6. The lowest BCUT2D eigenvalue weighted by Gasteiger charge is -2.19. The van der Waals surface area contributed by atoms with Crippen LogP contribution in [0.25, 0.3) is 0 Å². The zero-order valence-electron chi connectivity index (χ0n) is 12.7. The van der Waals surface area contributed by atoms with Crippen molar-refractivity contribution in [2.24, 2.45) is 5.73 Å². The topological polar surface area (TPSA) is 72.4 Å². The summed E-state index contributed by atoms with van der Waals surface area (Å²) in [5, 5.41) is 3.92. The van der Waals surface area contributed by atoms with Gasteiger partial charge in [-0.15, -0.1) is 0 Å². The van der Waals surface area contributed by atoms with E-state index in [1.54, 1.807) is 11.9 Å². The molecule has 0 unspecified atom stereocenters. The number of benzene rings is 1. The number of nitrogens with zero attached hydrogens (tertiary/aromatic N) is 2. The molecule has 5 nitrogen and oxygen atoms in total. The quantitative estimate of drug-likeness (QED) is 0.913. The van der Waals surface area contributed by atoms with E-state index >= 15 is 0 Å². The predicted octanol–water partition coefficient (Wildman–Crippen LogP) is 2.06. The van der Waals surface area contributed by atoms with Crippen molar-refractivity contribution in [2.45, 2.75) is 26.8 Å². The Labute approximate surface area is 124 Å². The van der Waals surface area contributed by atoms with Gasteiger partial charge in [0.05, 0.1) is 12.2 Å². The molecule has 1 aromatic heterocycles. The van der Waals surface area contributed by atoms with Crippen LogP contribution in [-0.4, -0.2) is 29.6 Å². The first kappa shape index (κ1) is 15.3. The molecule has 1 heterocycles. The van der Waals surface area contributed by atoms with Crippen LogP contribution in [0.2, 0.25) is 0 Å². The Balaban J connectivity index is 2.20. The van der Waals surface area contributed by atoms with E-state index in [9.17, 15) is 4.79 Å². The average molecular weight is 287 g/mol. The third-order valence-corrected chi connectivity index (χ3v) is 3.58. The summed E-state index contributed by atoms with van der Waals surface area (Å²) in [7, 11) is 1.79. The van der Waals surface area contributed by atoms with Gasteiger partial charge in [0.2, 0.25) is 0 Å². The Morgan fingerprint density at radius 2 is 2.05 bits per heavy atom. The number of amides is 1. The van der Waals surface area contributed by atoms with E-state index in [0.717, 1.165) is 22.6 Å². The van der Waals surface area contributed by atoms with Crippen LogP contribution in [0, 0.1) is 13.8 Å². The molecule has 21 heavy (non-hydrogen) atoms. The highest BCUT2D eigenvalue weighted by atomic mass is 16.5. The zero-order chi connectivity index (χ0) is 15.4. The van der Waals surface area contributed by atoms with Crippen LogP contribution in [0.3, 0.4) is 0 Å². The minimum absolute atomic E-state index is 0.0148. The molecular formula is C16H21N3O2. The maximum absolute atomic E-state index is 12.6. The van der Waals surface area contributed by atoms with E-state index in [4.69, 9.17) is 10.3 Å². The monoisotopic (exact) mass is 287 g/mol. The highest BCUT2D eigenvalue weighted by molar-refractivity contribution is 5.95. The first-order chi connectivity index (χ1) is 10.0. The zero-order valence-corrected chi connectivity index (χ0v) is 12.7. The largest absolute Gasteiger partial charge is 0.361 e. The second kappa shape index (κ2) is 6.54. The van der Waals surface area contributed by atoms with Crippen LogP contribution in [0.1, 0.15) is 32.9 Å². The molecule has 0 bridgehead atoms. The van der Waals surface area contributed by atoms with Crippen LogP contribution in [0.5, 0.6) is 0 Å². The third-order valence-electron chi connectivity index (χ3n) is 3.58. The van der Waals surface area contributed by atoms with Crippen LogP contribution in [0.15, 0.2) is 28.8 Å². The SMILES string of the molecule is Cc1noc(C)c1CN(C)C(=O)c1ccccc1CCN. The molecule has 1 amide bonds. The lowest BCUT2D eigenvalue weighted by molar-refractivity contribution is 0.0783.